The van der Waals surface area contributed by atoms with Gasteiger partial charge in [0.2, 0.25) is 0 Å². The lowest BCUT2D eigenvalue weighted by Gasteiger charge is -2.17. The Bertz CT molecular complexity index is 122. The van der Waals surface area contributed by atoms with E-state index in [0.717, 1.165) is 17.9 Å². The van der Waals surface area contributed by atoms with Crippen molar-refractivity contribution in [1.29, 1.82) is 0 Å². The predicted molar refractivity (Wildman–Crippen MR) is 54.3 cm³/mol. The highest BCUT2D eigenvalue weighted by Gasteiger charge is 2.20. The van der Waals surface area contributed by atoms with Gasteiger partial charge in [0.05, 0.1) is 0 Å². The Balaban J connectivity index is 2.43. The highest BCUT2D eigenvalue weighted by Crippen LogP contribution is 2.24. The Morgan fingerprint density at radius 3 is 2.50 bits per heavy atom. The summed E-state index contributed by atoms with van der Waals surface area (Å²) in [5.74, 6) is 1.85. The molecule has 3 atom stereocenters. The van der Waals surface area contributed by atoms with E-state index in [2.05, 4.69) is 26.1 Å². The molecule has 1 aliphatic rings. The molecule has 1 fully saturated rings. The molecule has 12 heavy (non-hydrogen) atoms. The topological polar surface area (TPSA) is 12.0 Å². The van der Waals surface area contributed by atoms with E-state index >= 15 is 0 Å². The van der Waals surface area contributed by atoms with Crippen LogP contribution < -0.4 is 5.32 Å². The Kier molecular flexibility index (Phi) is 4.07. The van der Waals surface area contributed by atoms with Crippen molar-refractivity contribution in [3.63, 3.8) is 0 Å². The van der Waals surface area contributed by atoms with Crippen LogP contribution in [0.15, 0.2) is 0 Å². The maximum atomic E-state index is 3.65. The van der Waals surface area contributed by atoms with Crippen LogP contribution in [0.1, 0.15) is 46.5 Å². The van der Waals surface area contributed by atoms with E-state index in [1.165, 1.54) is 32.2 Å². The summed E-state index contributed by atoms with van der Waals surface area (Å²) >= 11 is 0. The standard InChI is InChI=1S/C11H23N/c1-4-10-6-9(3)8-12-11(5-2)7-10/h9-12H,4-8H2,1-3H3. The van der Waals surface area contributed by atoms with Gasteiger partial charge >= 0.3 is 0 Å². The Morgan fingerprint density at radius 1 is 1.17 bits per heavy atom. The first-order valence-corrected chi connectivity index (χ1v) is 5.49. The second-order valence-corrected chi connectivity index (χ2v) is 4.36. The van der Waals surface area contributed by atoms with Gasteiger partial charge in [-0.1, -0.05) is 27.2 Å². The van der Waals surface area contributed by atoms with Gasteiger partial charge in [0.1, 0.15) is 0 Å². The molecule has 1 rings (SSSR count). The molecule has 0 aromatic heterocycles. The van der Waals surface area contributed by atoms with Crippen molar-refractivity contribution < 1.29 is 0 Å². The minimum Gasteiger partial charge on any atom is -0.314 e. The molecule has 0 saturated carbocycles. The zero-order chi connectivity index (χ0) is 8.97. The van der Waals surface area contributed by atoms with Gasteiger partial charge in [-0.25, -0.2) is 0 Å². The molecule has 0 bridgehead atoms. The molecule has 0 spiro atoms. The molecule has 3 unspecified atom stereocenters. The molecule has 72 valence electrons. The van der Waals surface area contributed by atoms with E-state index < -0.39 is 0 Å². The highest BCUT2D eigenvalue weighted by molar-refractivity contribution is 4.77. The van der Waals surface area contributed by atoms with Crippen molar-refractivity contribution in [2.75, 3.05) is 6.54 Å². The van der Waals surface area contributed by atoms with Gasteiger partial charge in [-0.2, -0.15) is 0 Å². The quantitative estimate of drug-likeness (QED) is 0.670. The third kappa shape index (κ3) is 2.78. The molecule has 1 nitrogen and oxygen atoms in total. The SMILES string of the molecule is CCC1CC(C)CNC(CC)C1. The highest BCUT2D eigenvalue weighted by atomic mass is 14.9. The van der Waals surface area contributed by atoms with Crippen LogP contribution in [-0.4, -0.2) is 12.6 Å². The van der Waals surface area contributed by atoms with E-state index in [9.17, 15) is 0 Å². The van der Waals surface area contributed by atoms with E-state index in [-0.39, 0.29) is 0 Å². The molecule has 0 radical (unpaired) electrons. The minimum absolute atomic E-state index is 0.792. The second-order valence-electron chi connectivity index (χ2n) is 4.36. The van der Waals surface area contributed by atoms with Crippen molar-refractivity contribution in [3.05, 3.63) is 0 Å². The molecule has 1 heterocycles. The summed E-state index contributed by atoms with van der Waals surface area (Å²) in [6.07, 6.45) is 5.49. The fourth-order valence-corrected chi connectivity index (χ4v) is 2.25. The van der Waals surface area contributed by atoms with Gasteiger partial charge in [0.15, 0.2) is 0 Å². The fraction of sp³-hybridized carbons (Fsp3) is 1.00. The smallest absolute Gasteiger partial charge is 0.00671 e. The van der Waals surface area contributed by atoms with E-state index in [1.54, 1.807) is 0 Å². The summed E-state index contributed by atoms with van der Waals surface area (Å²) in [4.78, 5) is 0. The van der Waals surface area contributed by atoms with Crippen LogP contribution in [0.25, 0.3) is 0 Å². The van der Waals surface area contributed by atoms with Crippen molar-refractivity contribution in [2.45, 2.75) is 52.5 Å². The Morgan fingerprint density at radius 2 is 1.92 bits per heavy atom. The summed E-state index contributed by atoms with van der Waals surface area (Å²) in [5, 5.41) is 3.65. The van der Waals surface area contributed by atoms with Gasteiger partial charge < -0.3 is 5.32 Å². The first kappa shape index (κ1) is 10.0. The number of rotatable bonds is 2. The summed E-state index contributed by atoms with van der Waals surface area (Å²) in [6, 6.07) is 0.792. The average molecular weight is 169 g/mol. The lowest BCUT2D eigenvalue weighted by molar-refractivity contribution is 0.378. The molecule has 1 N–H and O–H groups in total. The third-order valence-corrected chi connectivity index (χ3v) is 3.18. The van der Waals surface area contributed by atoms with Crippen LogP contribution in [-0.2, 0) is 0 Å². The maximum Gasteiger partial charge on any atom is 0.00671 e. The third-order valence-electron chi connectivity index (χ3n) is 3.18. The maximum absolute atomic E-state index is 3.65. The summed E-state index contributed by atoms with van der Waals surface area (Å²) < 4.78 is 0. The monoisotopic (exact) mass is 169 g/mol. The average Bonchev–Trinajstić information content (AvgIpc) is 2.26. The van der Waals surface area contributed by atoms with E-state index in [4.69, 9.17) is 0 Å². The van der Waals surface area contributed by atoms with Crippen LogP contribution in [0.4, 0.5) is 0 Å². The number of hydrogen-bond acceptors (Lipinski definition) is 1. The van der Waals surface area contributed by atoms with Crippen molar-refractivity contribution in [3.8, 4) is 0 Å². The first-order chi connectivity index (χ1) is 5.76. The second kappa shape index (κ2) is 4.86. The van der Waals surface area contributed by atoms with Crippen LogP contribution >= 0.6 is 0 Å². The molecule has 0 aromatic carbocycles. The van der Waals surface area contributed by atoms with E-state index in [0.29, 0.717) is 0 Å². The Labute approximate surface area is 76.9 Å². The summed E-state index contributed by atoms with van der Waals surface area (Å²) in [5.41, 5.74) is 0. The van der Waals surface area contributed by atoms with Crippen LogP contribution in [0.3, 0.4) is 0 Å². The zero-order valence-corrected chi connectivity index (χ0v) is 8.77. The van der Waals surface area contributed by atoms with Gasteiger partial charge in [-0.15, -0.1) is 0 Å². The van der Waals surface area contributed by atoms with Crippen molar-refractivity contribution >= 4 is 0 Å². The van der Waals surface area contributed by atoms with Crippen LogP contribution in [0.2, 0.25) is 0 Å². The molecule has 0 aliphatic carbocycles. The molecule has 0 aromatic rings. The number of nitrogens with one attached hydrogen (secondary N) is 1. The normalized spacial score (nSPS) is 37.8. The first-order valence-electron chi connectivity index (χ1n) is 5.49. The zero-order valence-electron chi connectivity index (χ0n) is 8.77. The van der Waals surface area contributed by atoms with Crippen molar-refractivity contribution in [2.24, 2.45) is 11.8 Å². The van der Waals surface area contributed by atoms with Crippen molar-refractivity contribution in [1.82, 2.24) is 5.32 Å². The number of hydrogen-bond donors (Lipinski definition) is 1. The summed E-state index contributed by atoms with van der Waals surface area (Å²) in [7, 11) is 0. The molecule has 1 saturated heterocycles. The lowest BCUT2D eigenvalue weighted by atomic mass is 9.90. The van der Waals surface area contributed by atoms with Gasteiger partial charge in [-0.3, -0.25) is 0 Å². The minimum atomic E-state index is 0.792. The molecule has 1 heteroatoms. The molecular weight excluding hydrogens is 146 g/mol. The van der Waals surface area contributed by atoms with Gasteiger partial charge in [0, 0.05) is 6.04 Å². The van der Waals surface area contributed by atoms with Gasteiger partial charge in [0.25, 0.3) is 0 Å². The van der Waals surface area contributed by atoms with Gasteiger partial charge in [-0.05, 0) is 37.6 Å². The lowest BCUT2D eigenvalue weighted by Crippen LogP contribution is -2.29. The Hall–Kier alpha value is -0.0400. The fourth-order valence-electron chi connectivity index (χ4n) is 2.25. The van der Waals surface area contributed by atoms with Crippen LogP contribution in [0.5, 0.6) is 0 Å². The summed E-state index contributed by atoms with van der Waals surface area (Å²) in [6.45, 7) is 8.22. The molecular formula is C11H23N. The largest absolute Gasteiger partial charge is 0.314 e. The van der Waals surface area contributed by atoms with Crippen LogP contribution in [0, 0.1) is 11.8 Å². The predicted octanol–water partition coefficient (Wildman–Crippen LogP) is 2.81. The molecule has 1 aliphatic heterocycles. The molecule has 0 amide bonds. The van der Waals surface area contributed by atoms with E-state index in [1.807, 2.05) is 0 Å².